The molecular weight excluding hydrogens is 161 g/mol. The van der Waals surface area contributed by atoms with Crippen molar-refractivity contribution < 1.29 is 31.0 Å². The van der Waals surface area contributed by atoms with Crippen LogP contribution in [-0.4, -0.2) is 6.29 Å². The van der Waals surface area contributed by atoms with E-state index in [1.54, 1.807) is 6.29 Å². The van der Waals surface area contributed by atoms with E-state index in [-0.39, 0.29) is 26.2 Å². The van der Waals surface area contributed by atoms with Crippen LogP contribution in [0.3, 0.4) is 0 Å². The average molecular weight is 166 g/mol. The topological polar surface area (TPSA) is 17.1 Å². The summed E-state index contributed by atoms with van der Waals surface area (Å²) >= 11 is 0. The third kappa shape index (κ3) is 41.8. The van der Waals surface area contributed by atoms with E-state index in [1.807, 2.05) is 0 Å². The molecule has 0 spiro atoms. The monoisotopic (exact) mass is 166 g/mol. The molecule has 0 aliphatic heterocycles. The number of hydrogen-bond acceptors (Lipinski definition) is 1. The van der Waals surface area contributed by atoms with Gasteiger partial charge < -0.3 is 14.2 Å². The maximum absolute atomic E-state index is 9.21. The largest absolute Gasteiger partial charge is 3.00 e. The maximum atomic E-state index is 9.21. The van der Waals surface area contributed by atoms with Crippen LogP contribution in [0.5, 0.6) is 0 Å². The molecule has 0 N–H and O–H groups in total. The van der Waals surface area contributed by atoms with Crippen molar-refractivity contribution in [3.8, 4) is 0 Å². The summed E-state index contributed by atoms with van der Waals surface area (Å²) in [6.07, 6.45) is 3.50. The average Bonchev–Trinajstić information content (AvgIpc) is 1.41. The van der Waals surface area contributed by atoms with Crippen molar-refractivity contribution in [2.75, 3.05) is 0 Å². The summed E-state index contributed by atoms with van der Waals surface area (Å²) < 4.78 is 0. The molecule has 0 saturated carbocycles. The van der Waals surface area contributed by atoms with Crippen molar-refractivity contribution in [2.24, 2.45) is 0 Å². The van der Waals surface area contributed by atoms with E-state index in [0.717, 1.165) is 0 Å². The van der Waals surface area contributed by atoms with Gasteiger partial charge in [-0.3, -0.25) is 6.29 Å². The van der Waals surface area contributed by atoms with Gasteiger partial charge in [-0.1, -0.05) is 0 Å². The molecule has 0 aromatic rings. The van der Waals surface area contributed by atoms with Crippen LogP contribution in [-0.2, 0) is 21.6 Å². The first kappa shape index (κ1) is 25.0. The first-order valence-electron chi connectivity index (χ1n) is 1.37. The van der Waals surface area contributed by atoms with Gasteiger partial charge in [-0.15, -0.1) is 19.1 Å². The fourth-order valence-corrected chi connectivity index (χ4v) is 0.0589. The SMILES string of the molecule is C=CC[C-]=O.[Co+3].[F-].[F-]. The second kappa shape index (κ2) is 29.3. The van der Waals surface area contributed by atoms with Crippen molar-refractivity contribution in [3.63, 3.8) is 0 Å². The van der Waals surface area contributed by atoms with E-state index in [4.69, 9.17) is 0 Å². The Bertz CT molecular complexity index is 43.3. The van der Waals surface area contributed by atoms with Gasteiger partial charge in [0.2, 0.25) is 0 Å². The van der Waals surface area contributed by atoms with E-state index in [9.17, 15) is 4.79 Å². The van der Waals surface area contributed by atoms with Crippen LogP contribution < -0.4 is 9.41 Å². The third-order valence-corrected chi connectivity index (χ3v) is 0.228. The number of rotatable bonds is 2. The Hall–Kier alpha value is -0.224. The van der Waals surface area contributed by atoms with Crippen molar-refractivity contribution in [1.82, 2.24) is 0 Å². The Morgan fingerprint density at radius 2 is 1.88 bits per heavy atom. The molecule has 0 atom stereocenters. The molecule has 4 heteroatoms. The normalized spacial score (nSPS) is 4.00. The van der Waals surface area contributed by atoms with Crippen molar-refractivity contribution in [1.29, 1.82) is 0 Å². The molecule has 0 fully saturated rings. The predicted molar refractivity (Wildman–Crippen MR) is 20.5 cm³/mol. The van der Waals surface area contributed by atoms with E-state index in [2.05, 4.69) is 6.58 Å². The smallest absolute Gasteiger partial charge is 1.00 e. The van der Waals surface area contributed by atoms with E-state index in [0.29, 0.717) is 6.42 Å². The van der Waals surface area contributed by atoms with Gasteiger partial charge in [0.15, 0.2) is 0 Å². The Labute approximate surface area is 57.1 Å². The van der Waals surface area contributed by atoms with Crippen LogP contribution in [0.4, 0.5) is 0 Å². The van der Waals surface area contributed by atoms with Gasteiger partial charge in [0.25, 0.3) is 0 Å². The van der Waals surface area contributed by atoms with Gasteiger partial charge in [0.1, 0.15) is 0 Å². The molecule has 0 bridgehead atoms. The molecule has 0 radical (unpaired) electrons. The zero-order chi connectivity index (χ0) is 4.12. The summed E-state index contributed by atoms with van der Waals surface area (Å²) in [6.45, 7) is 3.29. The van der Waals surface area contributed by atoms with E-state index >= 15 is 0 Å². The summed E-state index contributed by atoms with van der Waals surface area (Å²) in [4.78, 5) is 9.21. The van der Waals surface area contributed by atoms with Crippen LogP contribution in [0.15, 0.2) is 12.7 Å². The molecule has 0 unspecified atom stereocenters. The van der Waals surface area contributed by atoms with Gasteiger partial charge in [0, 0.05) is 0 Å². The maximum Gasteiger partial charge on any atom is 3.00 e. The summed E-state index contributed by atoms with van der Waals surface area (Å²) in [6, 6.07) is 0. The Kier molecular flexibility index (Phi) is 91.8. The summed E-state index contributed by atoms with van der Waals surface area (Å²) in [5.41, 5.74) is 0. The van der Waals surface area contributed by atoms with Gasteiger partial charge >= 0.3 is 16.8 Å². The minimum absolute atomic E-state index is 0. The van der Waals surface area contributed by atoms with Crippen molar-refractivity contribution in [3.05, 3.63) is 12.7 Å². The first-order chi connectivity index (χ1) is 2.41. The van der Waals surface area contributed by atoms with Gasteiger partial charge in [0.05, 0.1) is 0 Å². The van der Waals surface area contributed by atoms with Crippen molar-refractivity contribution >= 4 is 6.29 Å². The van der Waals surface area contributed by atoms with Crippen LogP contribution >= 0.6 is 0 Å². The number of halogens is 2. The van der Waals surface area contributed by atoms with E-state index in [1.165, 1.54) is 6.08 Å². The molecule has 50 valence electrons. The second-order valence-corrected chi connectivity index (χ2v) is 0.637. The summed E-state index contributed by atoms with van der Waals surface area (Å²) in [5, 5.41) is 0. The third-order valence-electron chi connectivity index (χ3n) is 0.228. The van der Waals surface area contributed by atoms with Gasteiger partial charge in [-0.2, -0.15) is 0 Å². The quantitative estimate of drug-likeness (QED) is 0.296. The zero-order valence-corrected chi connectivity index (χ0v) is 5.03. The summed E-state index contributed by atoms with van der Waals surface area (Å²) in [7, 11) is 0. The Balaban J connectivity index is -0.0000000267. The number of allylic oxidation sites excluding steroid dienone is 1. The Morgan fingerprint density at radius 1 is 1.50 bits per heavy atom. The molecular formula is C4H5CoF2O. The number of hydrogen-bond donors (Lipinski definition) is 0. The fraction of sp³-hybridized carbons (Fsp3) is 0.250. The summed E-state index contributed by atoms with van der Waals surface area (Å²) in [5.74, 6) is 0. The van der Waals surface area contributed by atoms with E-state index < -0.39 is 0 Å². The molecule has 1 nitrogen and oxygen atoms in total. The van der Waals surface area contributed by atoms with Gasteiger partial charge in [-0.05, 0) is 0 Å². The molecule has 0 heterocycles. The molecule has 0 aliphatic carbocycles. The molecule has 0 aromatic carbocycles. The van der Waals surface area contributed by atoms with Crippen LogP contribution in [0.25, 0.3) is 0 Å². The predicted octanol–water partition coefficient (Wildman–Crippen LogP) is -5.32. The first-order valence-corrected chi connectivity index (χ1v) is 1.37. The standard InChI is InChI=1S/C4H5O.Co.2FH/c1-2-3-4-5;;;/h2H,1,3H2;;2*1H/q-1;+3;;/p-2. The minimum atomic E-state index is 0. The molecule has 0 aromatic heterocycles. The van der Waals surface area contributed by atoms with Crippen LogP contribution in [0.1, 0.15) is 6.42 Å². The molecule has 0 amide bonds. The molecule has 8 heavy (non-hydrogen) atoms. The number of carbonyl (C=O) groups excluding carboxylic acids is 1. The molecule has 0 saturated heterocycles. The zero-order valence-electron chi connectivity index (χ0n) is 3.99. The molecule has 0 rings (SSSR count). The van der Waals surface area contributed by atoms with Crippen LogP contribution in [0, 0.1) is 0 Å². The minimum Gasteiger partial charge on any atom is -1.00 e. The molecule has 0 aliphatic rings. The fourth-order valence-electron chi connectivity index (χ4n) is 0.0589. The second-order valence-electron chi connectivity index (χ2n) is 0.637. The van der Waals surface area contributed by atoms with Gasteiger partial charge in [-0.25, -0.2) is 0 Å². The Morgan fingerprint density at radius 3 is 1.88 bits per heavy atom. The van der Waals surface area contributed by atoms with Crippen molar-refractivity contribution in [2.45, 2.75) is 6.42 Å². The van der Waals surface area contributed by atoms with Crippen LogP contribution in [0.2, 0.25) is 0 Å².